The van der Waals surface area contributed by atoms with Crippen LogP contribution in [0.15, 0.2) is 83.8 Å². The monoisotopic (exact) mass is 594 g/mol. The van der Waals surface area contributed by atoms with E-state index in [1.807, 2.05) is 0 Å². The number of amides is 2. The summed E-state index contributed by atoms with van der Waals surface area (Å²) < 4.78 is 33.8. The summed E-state index contributed by atoms with van der Waals surface area (Å²) in [5.74, 6) is -0.434. The first-order chi connectivity index (χ1) is 20.1. The van der Waals surface area contributed by atoms with Crippen molar-refractivity contribution in [1.82, 2.24) is 10.2 Å². The Morgan fingerprint density at radius 1 is 1.02 bits per heavy atom. The van der Waals surface area contributed by atoms with Gasteiger partial charge in [-0.3, -0.25) is 24.0 Å². The number of methoxy groups -OCH3 is 1. The van der Waals surface area contributed by atoms with Crippen molar-refractivity contribution in [1.29, 1.82) is 0 Å². The lowest BCUT2D eigenvalue weighted by atomic mass is 10.1. The minimum atomic E-state index is -4.33. The van der Waals surface area contributed by atoms with Crippen molar-refractivity contribution in [2.45, 2.75) is 56.1 Å². The highest BCUT2D eigenvalue weighted by atomic mass is 32.2. The quantitative estimate of drug-likeness (QED) is 0.244. The number of anilines is 1. The van der Waals surface area contributed by atoms with E-state index in [1.165, 1.54) is 42.3 Å². The van der Waals surface area contributed by atoms with Gasteiger partial charge in [0, 0.05) is 24.7 Å². The van der Waals surface area contributed by atoms with Crippen LogP contribution in [-0.4, -0.2) is 55.8 Å². The number of ether oxygens (including phenoxy) is 1. The number of nitro groups is 1. The fourth-order valence-corrected chi connectivity index (χ4v) is 6.38. The third kappa shape index (κ3) is 7.24. The molecular weight excluding hydrogens is 560 g/mol. The molecular formula is C30H34N4O7S. The van der Waals surface area contributed by atoms with Gasteiger partial charge in [-0.2, -0.15) is 0 Å². The Morgan fingerprint density at radius 3 is 2.38 bits per heavy atom. The maximum atomic E-state index is 14.0. The largest absolute Gasteiger partial charge is 0.497 e. The molecule has 2 amide bonds. The van der Waals surface area contributed by atoms with E-state index in [1.54, 1.807) is 49.4 Å². The van der Waals surface area contributed by atoms with E-state index < -0.39 is 33.4 Å². The second-order valence-corrected chi connectivity index (χ2v) is 12.0. The standard InChI is InChI=1S/C30H34N4O7S/c1-22(30(36)31-24-11-6-7-12-24)32(20-23-10-8-15-27(18-23)41-2)29(35)21-33(25-13-9-14-26(19-25)34(37)38)42(39,40)28-16-4-3-5-17-28/h3-5,8-10,13-19,22,24H,6-7,11-12,20-21H2,1-2H3,(H,31,36)/t22-/m0/s1. The van der Waals surface area contributed by atoms with Gasteiger partial charge >= 0.3 is 0 Å². The third-order valence-electron chi connectivity index (χ3n) is 7.29. The van der Waals surface area contributed by atoms with Gasteiger partial charge in [-0.15, -0.1) is 0 Å². The first-order valence-electron chi connectivity index (χ1n) is 13.6. The Hall–Kier alpha value is -4.45. The van der Waals surface area contributed by atoms with Crippen molar-refractivity contribution >= 4 is 33.2 Å². The number of nitrogens with one attached hydrogen (secondary N) is 1. The highest BCUT2D eigenvalue weighted by Gasteiger charge is 2.33. The van der Waals surface area contributed by atoms with E-state index in [0.29, 0.717) is 11.3 Å². The Kier molecular flexibility index (Phi) is 9.79. The lowest BCUT2D eigenvalue weighted by Crippen LogP contribution is -2.52. The molecule has 3 aromatic carbocycles. The second kappa shape index (κ2) is 13.5. The third-order valence-corrected chi connectivity index (χ3v) is 9.08. The summed E-state index contributed by atoms with van der Waals surface area (Å²) in [7, 11) is -2.81. The number of carbonyl (C=O) groups is 2. The molecule has 1 aliphatic carbocycles. The van der Waals surface area contributed by atoms with Crippen LogP contribution in [-0.2, 0) is 26.2 Å². The number of carbonyl (C=O) groups excluding carboxylic acids is 2. The van der Waals surface area contributed by atoms with Gasteiger partial charge in [-0.1, -0.05) is 49.2 Å². The van der Waals surface area contributed by atoms with Crippen LogP contribution in [0.5, 0.6) is 5.75 Å². The van der Waals surface area contributed by atoms with Crippen LogP contribution in [0.1, 0.15) is 38.2 Å². The Bertz CT molecular complexity index is 1530. The van der Waals surface area contributed by atoms with Gasteiger partial charge in [-0.25, -0.2) is 8.42 Å². The zero-order valence-electron chi connectivity index (χ0n) is 23.5. The van der Waals surface area contributed by atoms with Gasteiger partial charge in [0.2, 0.25) is 11.8 Å². The lowest BCUT2D eigenvalue weighted by Gasteiger charge is -2.32. The van der Waals surface area contributed by atoms with E-state index >= 15 is 0 Å². The number of nitrogens with zero attached hydrogens (tertiary/aromatic N) is 3. The molecule has 42 heavy (non-hydrogen) atoms. The number of hydrogen-bond acceptors (Lipinski definition) is 7. The first-order valence-corrected chi connectivity index (χ1v) is 15.1. The van der Waals surface area contributed by atoms with Crippen LogP contribution in [0.3, 0.4) is 0 Å². The molecule has 0 radical (unpaired) electrons. The smallest absolute Gasteiger partial charge is 0.271 e. The van der Waals surface area contributed by atoms with E-state index in [4.69, 9.17) is 4.74 Å². The molecule has 0 spiro atoms. The minimum absolute atomic E-state index is 0.00342. The van der Waals surface area contributed by atoms with Crippen LogP contribution < -0.4 is 14.4 Å². The van der Waals surface area contributed by atoms with E-state index in [2.05, 4.69) is 5.32 Å². The summed E-state index contributed by atoms with van der Waals surface area (Å²) in [5.41, 5.74) is 0.299. The van der Waals surface area contributed by atoms with E-state index in [9.17, 15) is 28.1 Å². The van der Waals surface area contributed by atoms with Crippen LogP contribution >= 0.6 is 0 Å². The highest BCUT2D eigenvalue weighted by Crippen LogP contribution is 2.28. The molecule has 3 aromatic rings. The minimum Gasteiger partial charge on any atom is -0.497 e. The second-order valence-electron chi connectivity index (χ2n) is 10.1. The summed E-state index contributed by atoms with van der Waals surface area (Å²) in [6.45, 7) is 0.915. The van der Waals surface area contributed by atoms with Gasteiger partial charge in [-0.05, 0) is 55.7 Å². The van der Waals surface area contributed by atoms with Crippen LogP contribution in [0.4, 0.5) is 11.4 Å². The maximum Gasteiger partial charge on any atom is 0.271 e. The summed E-state index contributed by atoms with van der Waals surface area (Å²) in [4.78, 5) is 39.5. The lowest BCUT2D eigenvalue weighted by molar-refractivity contribution is -0.384. The predicted octanol–water partition coefficient (Wildman–Crippen LogP) is 4.27. The Morgan fingerprint density at radius 2 is 1.71 bits per heavy atom. The summed E-state index contributed by atoms with van der Waals surface area (Å²) in [5, 5.41) is 14.5. The van der Waals surface area contributed by atoms with Gasteiger partial charge < -0.3 is 15.0 Å². The van der Waals surface area contributed by atoms with Crippen molar-refractivity contribution in [2.75, 3.05) is 18.0 Å². The number of sulfonamides is 1. The van der Waals surface area contributed by atoms with Crippen molar-refractivity contribution in [2.24, 2.45) is 0 Å². The highest BCUT2D eigenvalue weighted by molar-refractivity contribution is 7.92. The molecule has 0 aromatic heterocycles. The normalized spacial score (nSPS) is 14.1. The number of benzene rings is 3. The van der Waals surface area contributed by atoms with E-state index in [-0.39, 0.29) is 34.8 Å². The molecule has 0 unspecified atom stereocenters. The maximum absolute atomic E-state index is 14.0. The molecule has 0 heterocycles. The Labute approximate surface area is 245 Å². The van der Waals surface area contributed by atoms with Crippen molar-refractivity contribution < 1.29 is 27.7 Å². The van der Waals surface area contributed by atoms with Crippen molar-refractivity contribution in [3.8, 4) is 5.75 Å². The van der Waals surface area contributed by atoms with Crippen LogP contribution in [0, 0.1) is 10.1 Å². The van der Waals surface area contributed by atoms with E-state index in [0.717, 1.165) is 36.1 Å². The molecule has 222 valence electrons. The fourth-order valence-electron chi connectivity index (χ4n) is 4.95. The molecule has 11 nitrogen and oxygen atoms in total. The number of nitro benzene ring substituents is 1. The van der Waals surface area contributed by atoms with Gasteiger partial charge in [0.15, 0.2) is 0 Å². The summed E-state index contributed by atoms with van der Waals surface area (Å²) in [6, 6.07) is 18.7. The summed E-state index contributed by atoms with van der Waals surface area (Å²) >= 11 is 0. The number of rotatable bonds is 12. The molecule has 0 aliphatic heterocycles. The molecule has 12 heteroatoms. The van der Waals surface area contributed by atoms with Crippen LogP contribution in [0.2, 0.25) is 0 Å². The van der Waals surface area contributed by atoms with Crippen LogP contribution in [0.25, 0.3) is 0 Å². The molecule has 0 bridgehead atoms. The van der Waals surface area contributed by atoms with Gasteiger partial charge in [0.05, 0.1) is 22.6 Å². The Balaban J connectivity index is 1.71. The SMILES string of the molecule is COc1cccc(CN(C(=O)CN(c2cccc([N+](=O)[O-])c2)S(=O)(=O)c2ccccc2)[C@@H](C)C(=O)NC2CCCC2)c1. The average molecular weight is 595 g/mol. The van der Waals surface area contributed by atoms with Gasteiger partial charge in [0.25, 0.3) is 15.7 Å². The van der Waals surface area contributed by atoms with Gasteiger partial charge in [0.1, 0.15) is 18.3 Å². The predicted molar refractivity (Wildman–Crippen MR) is 157 cm³/mol. The molecule has 4 rings (SSSR count). The first kappa shape index (κ1) is 30.5. The fraction of sp³-hybridized carbons (Fsp3) is 0.333. The zero-order valence-corrected chi connectivity index (χ0v) is 24.3. The molecule has 0 saturated heterocycles. The van der Waals surface area contributed by atoms with Crippen molar-refractivity contribution in [3.63, 3.8) is 0 Å². The molecule has 1 fully saturated rings. The zero-order chi connectivity index (χ0) is 30.3. The molecule has 1 saturated carbocycles. The number of hydrogen-bond donors (Lipinski definition) is 1. The molecule has 1 aliphatic rings. The molecule has 1 atom stereocenters. The van der Waals surface area contributed by atoms with Crippen molar-refractivity contribution in [3.05, 3.63) is 94.5 Å². The average Bonchev–Trinajstić information content (AvgIpc) is 3.51. The summed E-state index contributed by atoms with van der Waals surface area (Å²) in [6.07, 6.45) is 3.75. The number of non-ortho nitro benzene ring substituents is 1. The molecule has 1 N–H and O–H groups in total. The topological polar surface area (TPSA) is 139 Å².